The molecule has 0 unspecified atom stereocenters. The number of rotatable bonds is 8. The molecule has 0 saturated carbocycles. The summed E-state index contributed by atoms with van der Waals surface area (Å²) in [4.78, 5) is 2.95. The Morgan fingerprint density at radius 1 is 1.04 bits per heavy atom. The van der Waals surface area contributed by atoms with Crippen LogP contribution in [0.4, 0.5) is 5.69 Å². The summed E-state index contributed by atoms with van der Waals surface area (Å²) in [5.41, 5.74) is 2.35. The molecule has 152 valence electrons. The van der Waals surface area contributed by atoms with E-state index in [0.29, 0.717) is 10.8 Å². The number of benzene rings is 2. The Balaban J connectivity index is 1.34. The van der Waals surface area contributed by atoms with Crippen molar-refractivity contribution in [2.75, 3.05) is 37.8 Å². The van der Waals surface area contributed by atoms with Gasteiger partial charge in [-0.25, -0.2) is 8.42 Å². The molecule has 1 aliphatic rings. The Labute approximate surface area is 173 Å². The zero-order chi connectivity index (χ0) is 20.0. The molecule has 1 saturated heterocycles. The van der Waals surface area contributed by atoms with E-state index in [0.717, 1.165) is 49.7 Å². The van der Waals surface area contributed by atoms with Crippen molar-refractivity contribution in [3.63, 3.8) is 0 Å². The average Bonchev–Trinajstić information content (AvgIpc) is 2.68. The summed E-state index contributed by atoms with van der Waals surface area (Å²) in [6.07, 6.45) is 5.83. The maximum Gasteiger partial charge on any atom is 0.175 e. The van der Waals surface area contributed by atoms with E-state index in [2.05, 4.69) is 10.2 Å². The molecule has 0 spiro atoms. The summed E-state index contributed by atoms with van der Waals surface area (Å²) < 4.78 is 23.1. The molecular weight excluding hydrogens is 392 g/mol. The number of sulfone groups is 1. The number of likely N-dealkylation sites (tertiary alicyclic amines) is 1. The number of anilines is 1. The highest BCUT2D eigenvalue weighted by Crippen LogP contribution is 2.22. The zero-order valence-corrected chi connectivity index (χ0v) is 18.0. The standard InChI is InChI=1S/C22H29ClN2O2S/c1-28(26,27)22-9-3-18(4-10-22)17-19-11-15-25(16-12-19)14-2-13-24-21-7-5-20(23)6-8-21/h3-10,19,24H,2,11-17H2,1H3. The second kappa shape index (κ2) is 9.77. The molecule has 4 nitrogen and oxygen atoms in total. The predicted molar refractivity (Wildman–Crippen MR) is 117 cm³/mol. The van der Waals surface area contributed by atoms with Gasteiger partial charge in [-0.1, -0.05) is 23.7 Å². The molecule has 0 aromatic heterocycles. The van der Waals surface area contributed by atoms with Gasteiger partial charge in [0.05, 0.1) is 4.90 Å². The van der Waals surface area contributed by atoms with Gasteiger partial charge in [0, 0.05) is 23.5 Å². The smallest absolute Gasteiger partial charge is 0.175 e. The van der Waals surface area contributed by atoms with Crippen LogP contribution in [-0.4, -0.2) is 45.8 Å². The Bertz CT molecular complexity index is 843. The highest BCUT2D eigenvalue weighted by molar-refractivity contribution is 7.90. The Morgan fingerprint density at radius 2 is 1.68 bits per heavy atom. The third-order valence-electron chi connectivity index (χ3n) is 5.41. The summed E-state index contributed by atoms with van der Waals surface area (Å²) in [5.74, 6) is 0.688. The molecule has 0 amide bonds. The zero-order valence-electron chi connectivity index (χ0n) is 16.4. The van der Waals surface area contributed by atoms with E-state index in [1.165, 1.54) is 24.7 Å². The third kappa shape index (κ3) is 6.50. The second-order valence-corrected chi connectivity index (χ2v) is 10.1. The van der Waals surface area contributed by atoms with E-state index in [4.69, 9.17) is 11.6 Å². The van der Waals surface area contributed by atoms with E-state index < -0.39 is 9.84 Å². The Morgan fingerprint density at radius 3 is 2.29 bits per heavy atom. The second-order valence-electron chi connectivity index (χ2n) is 7.69. The van der Waals surface area contributed by atoms with Crippen LogP contribution in [0.1, 0.15) is 24.8 Å². The summed E-state index contributed by atoms with van der Waals surface area (Å²) >= 11 is 5.90. The molecule has 0 radical (unpaired) electrons. The molecule has 1 fully saturated rings. The van der Waals surface area contributed by atoms with Gasteiger partial charge in [0.1, 0.15) is 0 Å². The van der Waals surface area contributed by atoms with Crippen LogP contribution in [0.15, 0.2) is 53.4 Å². The van der Waals surface area contributed by atoms with Crippen molar-refractivity contribution in [3.8, 4) is 0 Å². The molecule has 1 heterocycles. The van der Waals surface area contributed by atoms with Crippen molar-refractivity contribution < 1.29 is 8.42 Å². The molecule has 6 heteroatoms. The SMILES string of the molecule is CS(=O)(=O)c1ccc(CC2CCN(CCCNc3ccc(Cl)cc3)CC2)cc1. The quantitative estimate of drug-likeness (QED) is 0.639. The van der Waals surface area contributed by atoms with Gasteiger partial charge in [-0.2, -0.15) is 0 Å². The van der Waals surface area contributed by atoms with Crippen LogP contribution in [0, 0.1) is 5.92 Å². The average molecular weight is 421 g/mol. The van der Waals surface area contributed by atoms with Gasteiger partial charge in [-0.05, 0) is 93.2 Å². The van der Waals surface area contributed by atoms with Crippen molar-refractivity contribution in [2.45, 2.75) is 30.6 Å². The first kappa shape index (κ1) is 21.2. The molecule has 0 atom stereocenters. The normalized spacial score (nSPS) is 16.2. The fourth-order valence-electron chi connectivity index (χ4n) is 3.72. The first-order valence-corrected chi connectivity index (χ1v) is 12.2. The maximum atomic E-state index is 11.6. The molecular formula is C22H29ClN2O2S. The minimum atomic E-state index is -3.11. The minimum Gasteiger partial charge on any atom is -0.385 e. The number of halogens is 1. The number of nitrogens with one attached hydrogen (secondary N) is 1. The van der Waals surface area contributed by atoms with Gasteiger partial charge >= 0.3 is 0 Å². The lowest BCUT2D eigenvalue weighted by Crippen LogP contribution is -2.35. The van der Waals surface area contributed by atoms with Gasteiger partial charge in [0.15, 0.2) is 9.84 Å². The van der Waals surface area contributed by atoms with Crippen molar-refractivity contribution in [1.82, 2.24) is 4.90 Å². The van der Waals surface area contributed by atoms with Crippen molar-refractivity contribution in [3.05, 3.63) is 59.1 Å². The highest BCUT2D eigenvalue weighted by Gasteiger charge is 2.19. The number of nitrogens with zero attached hydrogens (tertiary/aromatic N) is 1. The largest absolute Gasteiger partial charge is 0.385 e. The predicted octanol–water partition coefficient (Wildman–Crippen LogP) is 4.50. The van der Waals surface area contributed by atoms with Gasteiger partial charge in [-0.3, -0.25) is 0 Å². The number of piperidine rings is 1. The lowest BCUT2D eigenvalue weighted by Gasteiger charge is -2.32. The summed E-state index contributed by atoms with van der Waals surface area (Å²) in [6.45, 7) is 4.38. The molecule has 28 heavy (non-hydrogen) atoms. The van der Waals surface area contributed by atoms with Crippen molar-refractivity contribution in [1.29, 1.82) is 0 Å². The van der Waals surface area contributed by atoms with Crippen LogP contribution >= 0.6 is 11.6 Å². The fraction of sp³-hybridized carbons (Fsp3) is 0.455. The lowest BCUT2D eigenvalue weighted by molar-refractivity contribution is 0.183. The molecule has 3 rings (SSSR count). The van der Waals surface area contributed by atoms with E-state index in [-0.39, 0.29) is 0 Å². The van der Waals surface area contributed by atoms with Gasteiger partial charge < -0.3 is 10.2 Å². The van der Waals surface area contributed by atoms with Gasteiger partial charge in [-0.15, -0.1) is 0 Å². The van der Waals surface area contributed by atoms with Gasteiger partial charge in [0.2, 0.25) is 0 Å². The summed E-state index contributed by atoms with van der Waals surface area (Å²) in [7, 11) is -3.11. The molecule has 2 aromatic carbocycles. The Kier molecular flexibility index (Phi) is 7.38. The molecule has 2 aromatic rings. The van der Waals surface area contributed by atoms with Crippen LogP contribution in [-0.2, 0) is 16.3 Å². The van der Waals surface area contributed by atoms with Crippen LogP contribution in [0.2, 0.25) is 5.02 Å². The lowest BCUT2D eigenvalue weighted by atomic mass is 9.90. The molecule has 0 aliphatic carbocycles. The maximum absolute atomic E-state index is 11.6. The van der Waals surface area contributed by atoms with Crippen molar-refractivity contribution >= 4 is 27.1 Å². The van der Waals surface area contributed by atoms with Crippen LogP contribution < -0.4 is 5.32 Å². The summed E-state index contributed by atoms with van der Waals surface area (Å²) in [5, 5.41) is 4.20. The first-order valence-electron chi connectivity index (χ1n) is 9.91. The highest BCUT2D eigenvalue weighted by atomic mass is 35.5. The number of hydrogen-bond acceptors (Lipinski definition) is 4. The minimum absolute atomic E-state index is 0.401. The van der Waals surface area contributed by atoms with Crippen LogP contribution in [0.3, 0.4) is 0 Å². The van der Waals surface area contributed by atoms with E-state index in [1.54, 1.807) is 12.1 Å². The number of hydrogen-bond donors (Lipinski definition) is 1. The summed E-state index contributed by atoms with van der Waals surface area (Å²) in [6, 6.07) is 15.2. The molecule has 1 N–H and O–H groups in total. The van der Waals surface area contributed by atoms with Crippen LogP contribution in [0.25, 0.3) is 0 Å². The monoisotopic (exact) mass is 420 g/mol. The van der Waals surface area contributed by atoms with Crippen molar-refractivity contribution in [2.24, 2.45) is 5.92 Å². The van der Waals surface area contributed by atoms with E-state index >= 15 is 0 Å². The Hall–Kier alpha value is -1.56. The molecule has 1 aliphatic heterocycles. The van der Waals surface area contributed by atoms with E-state index in [1.807, 2.05) is 36.4 Å². The third-order valence-corrected chi connectivity index (χ3v) is 6.79. The molecule has 0 bridgehead atoms. The van der Waals surface area contributed by atoms with Crippen LogP contribution in [0.5, 0.6) is 0 Å². The first-order chi connectivity index (χ1) is 13.4. The van der Waals surface area contributed by atoms with Gasteiger partial charge in [0.25, 0.3) is 0 Å². The fourth-order valence-corrected chi connectivity index (χ4v) is 4.48. The topological polar surface area (TPSA) is 49.4 Å². The van der Waals surface area contributed by atoms with E-state index in [9.17, 15) is 8.42 Å².